The predicted molar refractivity (Wildman–Crippen MR) is 110 cm³/mol. The van der Waals surface area contributed by atoms with Gasteiger partial charge in [-0.25, -0.2) is 0 Å². The molecule has 0 aliphatic rings. The smallest absolute Gasteiger partial charge is 0.266 e. The van der Waals surface area contributed by atoms with Crippen LogP contribution in [0, 0.1) is 27.2 Å². The van der Waals surface area contributed by atoms with E-state index in [0.717, 1.165) is 3.57 Å². The van der Waals surface area contributed by atoms with Crippen LogP contribution in [0.25, 0.3) is 6.08 Å². The summed E-state index contributed by atoms with van der Waals surface area (Å²) >= 11 is 2.06. The standard InChI is InChI=1S/C20H15IN2O4/c1-3-8-27-19-17(21)10-13(11-18(19)26-2)9-14(12-22)20(25)23-15-4-6-16(24)7-5-15/h1,4-7,9-11,24H,8H2,2H3,(H,23,25)/b14-9+. The lowest BCUT2D eigenvalue weighted by Crippen LogP contribution is -2.13. The SMILES string of the molecule is C#CCOc1c(I)cc(/C=C(\C#N)C(=O)Nc2ccc(O)cc2)cc1OC. The monoisotopic (exact) mass is 474 g/mol. The Bertz CT molecular complexity index is 954. The van der Waals surface area contributed by atoms with Crippen LogP contribution in [0.2, 0.25) is 0 Å². The fourth-order valence-electron chi connectivity index (χ4n) is 2.14. The first-order chi connectivity index (χ1) is 13.0. The van der Waals surface area contributed by atoms with E-state index in [2.05, 4.69) is 33.8 Å². The molecule has 0 saturated heterocycles. The lowest BCUT2D eigenvalue weighted by molar-refractivity contribution is -0.112. The van der Waals surface area contributed by atoms with Gasteiger partial charge < -0.3 is 19.9 Å². The number of halogens is 1. The second-order valence-electron chi connectivity index (χ2n) is 5.20. The van der Waals surface area contributed by atoms with Gasteiger partial charge in [-0.15, -0.1) is 6.42 Å². The van der Waals surface area contributed by atoms with Crippen molar-refractivity contribution in [2.75, 3.05) is 19.0 Å². The summed E-state index contributed by atoms with van der Waals surface area (Å²) in [6.07, 6.45) is 6.66. The van der Waals surface area contributed by atoms with E-state index in [9.17, 15) is 15.2 Å². The minimum atomic E-state index is -0.565. The van der Waals surface area contributed by atoms with Crippen molar-refractivity contribution in [3.63, 3.8) is 0 Å². The van der Waals surface area contributed by atoms with Crippen LogP contribution in [0.5, 0.6) is 17.2 Å². The zero-order valence-corrected chi connectivity index (χ0v) is 16.5. The first kappa shape index (κ1) is 20.1. The average Bonchev–Trinajstić information content (AvgIpc) is 2.66. The summed E-state index contributed by atoms with van der Waals surface area (Å²) in [6.45, 7) is 0.0973. The number of terminal acetylenes is 1. The largest absolute Gasteiger partial charge is 0.508 e. The van der Waals surface area contributed by atoms with Gasteiger partial charge in [-0.2, -0.15) is 5.26 Å². The highest BCUT2D eigenvalue weighted by Crippen LogP contribution is 2.34. The van der Waals surface area contributed by atoms with Gasteiger partial charge in [-0.1, -0.05) is 5.92 Å². The molecule has 0 radical (unpaired) electrons. The van der Waals surface area contributed by atoms with E-state index >= 15 is 0 Å². The van der Waals surface area contributed by atoms with E-state index in [-0.39, 0.29) is 17.9 Å². The molecule has 0 aliphatic heterocycles. The summed E-state index contributed by atoms with van der Waals surface area (Å²) in [4.78, 5) is 12.3. The Hall–Kier alpha value is -3.17. The van der Waals surface area contributed by atoms with E-state index in [1.807, 2.05) is 6.07 Å². The number of nitrogens with one attached hydrogen (secondary N) is 1. The molecule has 0 aromatic heterocycles. The van der Waals surface area contributed by atoms with Gasteiger partial charge in [0.1, 0.15) is 24.0 Å². The van der Waals surface area contributed by atoms with Crippen molar-refractivity contribution in [1.82, 2.24) is 0 Å². The molecule has 7 heteroatoms. The molecule has 27 heavy (non-hydrogen) atoms. The van der Waals surface area contributed by atoms with Crippen LogP contribution in [0.1, 0.15) is 5.56 Å². The Morgan fingerprint density at radius 3 is 2.67 bits per heavy atom. The van der Waals surface area contributed by atoms with E-state index in [4.69, 9.17) is 15.9 Å². The van der Waals surface area contributed by atoms with Gasteiger partial charge in [0.15, 0.2) is 11.5 Å². The Labute approximate surface area is 170 Å². The second-order valence-corrected chi connectivity index (χ2v) is 6.36. The number of anilines is 1. The molecule has 2 rings (SSSR count). The number of rotatable bonds is 6. The van der Waals surface area contributed by atoms with Crippen molar-refractivity contribution in [3.8, 4) is 35.7 Å². The third-order valence-electron chi connectivity index (χ3n) is 3.35. The first-order valence-electron chi connectivity index (χ1n) is 7.64. The van der Waals surface area contributed by atoms with Crippen molar-refractivity contribution in [2.24, 2.45) is 0 Å². The highest BCUT2D eigenvalue weighted by Gasteiger charge is 2.14. The number of carbonyl (C=O) groups excluding carboxylic acids is 1. The minimum absolute atomic E-state index is 0.0814. The van der Waals surface area contributed by atoms with Crippen molar-refractivity contribution in [1.29, 1.82) is 5.26 Å². The van der Waals surface area contributed by atoms with Crippen LogP contribution >= 0.6 is 22.6 Å². The molecule has 0 atom stereocenters. The molecule has 136 valence electrons. The summed E-state index contributed by atoms with van der Waals surface area (Å²) in [6, 6.07) is 11.2. The lowest BCUT2D eigenvalue weighted by Gasteiger charge is -2.12. The van der Waals surface area contributed by atoms with Gasteiger partial charge in [-0.3, -0.25) is 4.79 Å². The Kier molecular flexibility index (Phi) is 7.09. The minimum Gasteiger partial charge on any atom is -0.508 e. The molecule has 0 aliphatic carbocycles. The highest BCUT2D eigenvalue weighted by atomic mass is 127. The van der Waals surface area contributed by atoms with E-state index in [1.54, 1.807) is 12.1 Å². The topological polar surface area (TPSA) is 91.6 Å². The predicted octanol–water partition coefficient (Wildman–Crippen LogP) is 3.56. The maximum Gasteiger partial charge on any atom is 0.266 e. The fourth-order valence-corrected chi connectivity index (χ4v) is 2.92. The molecule has 2 aromatic carbocycles. The van der Waals surface area contributed by atoms with E-state index in [0.29, 0.717) is 22.7 Å². The summed E-state index contributed by atoms with van der Waals surface area (Å²) in [7, 11) is 1.49. The van der Waals surface area contributed by atoms with Crippen molar-refractivity contribution < 1.29 is 19.4 Å². The Morgan fingerprint density at radius 1 is 1.37 bits per heavy atom. The molecule has 0 heterocycles. The van der Waals surface area contributed by atoms with Crippen LogP contribution in [-0.4, -0.2) is 24.7 Å². The molecule has 0 unspecified atom stereocenters. The summed E-state index contributed by atoms with van der Waals surface area (Å²) in [5.41, 5.74) is 0.976. The van der Waals surface area contributed by atoms with Crippen LogP contribution < -0.4 is 14.8 Å². The number of hydrogen-bond donors (Lipinski definition) is 2. The van der Waals surface area contributed by atoms with Crippen LogP contribution in [0.4, 0.5) is 5.69 Å². The zero-order valence-electron chi connectivity index (χ0n) is 14.3. The third-order valence-corrected chi connectivity index (χ3v) is 4.15. The second kappa shape index (κ2) is 9.51. The molecule has 2 aromatic rings. The summed E-state index contributed by atoms with van der Waals surface area (Å²) in [5.74, 6) is 2.85. The number of carbonyl (C=O) groups is 1. The number of nitrogens with zero attached hydrogens (tertiary/aromatic N) is 1. The Morgan fingerprint density at radius 2 is 2.07 bits per heavy atom. The van der Waals surface area contributed by atoms with Gasteiger partial charge >= 0.3 is 0 Å². The van der Waals surface area contributed by atoms with Gasteiger partial charge in [0, 0.05) is 5.69 Å². The molecule has 0 spiro atoms. The Balaban J connectivity index is 2.29. The summed E-state index contributed by atoms with van der Waals surface area (Å²) in [5, 5.41) is 21.2. The van der Waals surface area contributed by atoms with Gasteiger partial charge in [0.05, 0.1) is 10.7 Å². The number of phenols is 1. The maximum absolute atomic E-state index is 12.3. The van der Waals surface area contributed by atoms with Crippen LogP contribution in [0.15, 0.2) is 42.0 Å². The third kappa shape index (κ3) is 5.40. The molecule has 0 bridgehead atoms. The molecule has 6 nitrogen and oxygen atoms in total. The lowest BCUT2D eigenvalue weighted by atomic mass is 10.1. The van der Waals surface area contributed by atoms with Crippen LogP contribution in [0.3, 0.4) is 0 Å². The number of amides is 1. The van der Waals surface area contributed by atoms with Crippen molar-refractivity contribution in [2.45, 2.75) is 0 Å². The van der Waals surface area contributed by atoms with Crippen LogP contribution in [-0.2, 0) is 4.79 Å². The number of benzene rings is 2. The number of methoxy groups -OCH3 is 1. The quantitative estimate of drug-likeness (QED) is 0.220. The number of hydrogen-bond acceptors (Lipinski definition) is 5. The fraction of sp³-hybridized carbons (Fsp3) is 0.100. The molecule has 0 saturated carbocycles. The first-order valence-corrected chi connectivity index (χ1v) is 8.72. The normalized spacial score (nSPS) is 10.4. The van der Waals surface area contributed by atoms with Gasteiger partial charge in [0.25, 0.3) is 5.91 Å². The molecular formula is C20H15IN2O4. The van der Waals surface area contributed by atoms with Gasteiger partial charge in [0.2, 0.25) is 0 Å². The van der Waals surface area contributed by atoms with Gasteiger partial charge in [-0.05, 0) is 70.6 Å². The number of ether oxygens (including phenoxy) is 2. The molecule has 2 N–H and O–H groups in total. The summed E-state index contributed by atoms with van der Waals surface area (Å²) < 4.78 is 11.5. The number of aromatic hydroxyl groups is 1. The molecular weight excluding hydrogens is 459 g/mol. The highest BCUT2D eigenvalue weighted by molar-refractivity contribution is 14.1. The van der Waals surface area contributed by atoms with Crippen molar-refractivity contribution >= 4 is 40.3 Å². The van der Waals surface area contributed by atoms with E-state index < -0.39 is 5.91 Å². The molecule has 1 amide bonds. The van der Waals surface area contributed by atoms with E-state index in [1.165, 1.54) is 37.5 Å². The number of phenolic OH excluding ortho intramolecular Hbond substituents is 1. The van der Waals surface area contributed by atoms with Crippen molar-refractivity contribution in [3.05, 3.63) is 51.1 Å². The molecule has 0 fully saturated rings. The maximum atomic E-state index is 12.3. The average molecular weight is 474 g/mol. The zero-order chi connectivity index (χ0) is 19.8. The number of nitriles is 1.